The molecule has 3 amide bonds. The Bertz CT molecular complexity index is 1240. The lowest BCUT2D eigenvalue weighted by atomic mass is 10.1. The van der Waals surface area contributed by atoms with Crippen molar-refractivity contribution < 1.29 is 23.9 Å². The minimum atomic E-state index is -0.965. The molecule has 8 heteroatoms. The molecule has 2 heterocycles. The lowest BCUT2D eigenvalue weighted by Gasteiger charge is -2.28. The van der Waals surface area contributed by atoms with Gasteiger partial charge in [-0.05, 0) is 54.4 Å². The summed E-state index contributed by atoms with van der Waals surface area (Å²) in [5.41, 5.74) is 2.33. The van der Waals surface area contributed by atoms with Gasteiger partial charge in [0.15, 0.2) is 0 Å². The predicted molar refractivity (Wildman–Crippen MR) is 124 cm³/mol. The molecule has 3 aromatic rings. The van der Waals surface area contributed by atoms with Crippen molar-refractivity contribution in [2.75, 3.05) is 4.90 Å². The Hall–Kier alpha value is -4.33. The van der Waals surface area contributed by atoms with Crippen LogP contribution in [0.1, 0.15) is 34.8 Å². The zero-order chi connectivity index (χ0) is 24.2. The molecule has 34 heavy (non-hydrogen) atoms. The van der Waals surface area contributed by atoms with Crippen molar-refractivity contribution in [2.24, 2.45) is 0 Å². The monoisotopic (exact) mass is 457 g/mol. The normalized spacial score (nSPS) is 15.4. The highest BCUT2D eigenvalue weighted by Crippen LogP contribution is 2.29. The molecule has 0 bridgehead atoms. The van der Waals surface area contributed by atoms with Crippen LogP contribution in [0.2, 0.25) is 0 Å². The van der Waals surface area contributed by atoms with Gasteiger partial charge in [0.05, 0.1) is 12.1 Å². The standard InChI is InChI=1S/C26H23N3O5/c1-17-6-3-4-8-22(17)25(32)28(16-19-7-5-13-27-15-19)23-14-24(31)29(26(23)33)20-9-11-21(12-10-20)34-18(2)30/h3-13,15,23H,14,16H2,1-2H3. The average Bonchev–Trinajstić information content (AvgIpc) is 3.12. The molecule has 1 aliphatic rings. The molecule has 1 fully saturated rings. The molecule has 1 atom stereocenters. The Balaban J connectivity index is 1.65. The van der Waals surface area contributed by atoms with Crippen LogP contribution in [0.15, 0.2) is 73.1 Å². The number of hydrogen-bond acceptors (Lipinski definition) is 6. The molecule has 0 saturated carbocycles. The molecule has 0 N–H and O–H groups in total. The SMILES string of the molecule is CC(=O)Oc1ccc(N2C(=O)CC(N(Cc3cccnc3)C(=O)c3ccccc3C)C2=O)cc1. The molecule has 0 aliphatic carbocycles. The number of rotatable bonds is 6. The van der Waals surface area contributed by atoms with Gasteiger partial charge in [-0.2, -0.15) is 0 Å². The van der Waals surface area contributed by atoms with Crippen LogP contribution in [0.3, 0.4) is 0 Å². The van der Waals surface area contributed by atoms with E-state index in [2.05, 4.69) is 4.98 Å². The van der Waals surface area contributed by atoms with Crippen LogP contribution in [0.5, 0.6) is 5.75 Å². The topological polar surface area (TPSA) is 96.9 Å². The predicted octanol–water partition coefficient (Wildman–Crippen LogP) is 3.29. The van der Waals surface area contributed by atoms with Crippen LogP contribution in [0, 0.1) is 6.92 Å². The first-order valence-electron chi connectivity index (χ1n) is 10.8. The fourth-order valence-electron chi connectivity index (χ4n) is 3.94. The van der Waals surface area contributed by atoms with Gasteiger partial charge in [0.25, 0.3) is 11.8 Å². The van der Waals surface area contributed by atoms with Crippen molar-refractivity contribution in [3.8, 4) is 5.75 Å². The third kappa shape index (κ3) is 4.71. The van der Waals surface area contributed by atoms with E-state index in [0.717, 1.165) is 16.0 Å². The molecule has 172 valence electrons. The average molecular weight is 457 g/mol. The summed E-state index contributed by atoms with van der Waals surface area (Å²) >= 11 is 0. The molecule has 1 saturated heterocycles. The number of carbonyl (C=O) groups is 4. The van der Waals surface area contributed by atoms with E-state index in [1.807, 2.05) is 25.1 Å². The van der Waals surface area contributed by atoms with Crippen molar-refractivity contribution in [1.29, 1.82) is 0 Å². The van der Waals surface area contributed by atoms with E-state index >= 15 is 0 Å². The maximum absolute atomic E-state index is 13.6. The van der Waals surface area contributed by atoms with Crippen LogP contribution >= 0.6 is 0 Å². The summed E-state index contributed by atoms with van der Waals surface area (Å²) in [6.07, 6.45) is 3.12. The Labute approximate surface area is 196 Å². The highest BCUT2D eigenvalue weighted by molar-refractivity contribution is 6.23. The first-order chi connectivity index (χ1) is 16.3. The summed E-state index contributed by atoms with van der Waals surface area (Å²) in [5.74, 6) is -1.40. The quantitative estimate of drug-likeness (QED) is 0.320. The van der Waals surface area contributed by atoms with Crippen molar-refractivity contribution >= 4 is 29.4 Å². The highest BCUT2D eigenvalue weighted by atomic mass is 16.5. The summed E-state index contributed by atoms with van der Waals surface area (Å²) in [5, 5.41) is 0. The zero-order valence-electron chi connectivity index (χ0n) is 18.8. The number of imide groups is 1. The molecule has 0 radical (unpaired) electrons. The minimum absolute atomic E-state index is 0.129. The van der Waals surface area contributed by atoms with E-state index in [1.165, 1.54) is 36.1 Å². The maximum Gasteiger partial charge on any atom is 0.308 e. The Morgan fingerprint density at radius 3 is 2.44 bits per heavy atom. The van der Waals surface area contributed by atoms with Crippen LogP contribution < -0.4 is 9.64 Å². The number of aromatic nitrogens is 1. The molecular weight excluding hydrogens is 434 g/mol. The number of nitrogens with zero attached hydrogens (tertiary/aromatic N) is 3. The lowest BCUT2D eigenvalue weighted by molar-refractivity contribution is -0.132. The molecule has 1 aliphatic heterocycles. The third-order valence-corrected chi connectivity index (χ3v) is 5.57. The van der Waals surface area contributed by atoms with E-state index in [4.69, 9.17) is 4.74 Å². The number of amides is 3. The summed E-state index contributed by atoms with van der Waals surface area (Å²) in [6, 6.07) is 15.8. The molecule has 4 rings (SSSR count). The second kappa shape index (κ2) is 9.66. The second-order valence-electron chi connectivity index (χ2n) is 7.98. The van der Waals surface area contributed by atoms with Gasteiger partial charge in [0.1, 0.15) is 11.8 Å². The van der Waals surface area contributed by atoms with Crippen LogP contribution in [0.4, 0.5) is 5.69 Å². The maximum atomic E-state index is 13.6. The van der Waals surface area contributed by atoms with Gasteiger partial charge < -0.3 is 9.64 Å². The molecule has 1 unspecified atom stereocenters. The third-order valence-electron chi connectivity index (χ3n) is 5.57. The number of esters is 1. The highest BCUT2D eigenvalue weighted by Gasteiger charge is 2.44. The molecular formula is C26H23N3O5. The van der Waals surface area contributed by atoms with Crippen LogP contribution in [-0.2, 0) is 20.9 Å². The zero-order valence-corrected chi connectivity index (χ0v) is 18.8. The van der Waals surface area contributed by atoms with Gasteiger partial charge in [-0.15, -0.1) is 0 Å². The molecule has 0 spiro atoms. The summed E-state index contributed by atoms with van der Waals surface area (Å²) in [7, 11) is 0. The van der Waals surface area contributed by atoms with E-state index in [1.54, 1.807) is 30.6 Å². The Morgan fingerprint density at radius 2 is 1.79 bits per heavy atom. The number of aryl methyl sites for hydroxylation is 1. The number of carbonyl (C=O) groups excluding carboxylic acids is 4. The first-order valence-corrected chi connectivity index (χ1v) is 10.8. The number of anilines is 1. The van der Waals surface area contributed by atoms with Gasteiger partial charge in [-0.1, -0.05) is 24.3 Å². The summed E-state index contributed by atoms with van der Waals surface area (Å²) < 4.78 is 5.02. The Kier molecular flexibility index (Phi) is 6.49. The van der Waals surface area contributed by atoms with Gasteiger partial charge >= 0.3 is 5.97 Å². The summed E-state index contributed by atoms with van der Waals surface area (Å²) in [4.78, 5) is 57.7. The fourth-order valence-corrected chi connectivity index (χ4v) is 3.94. The fraction of sp³-hybridized carbons (Fsp3) is 0.192. The van der Waals surface area contributed by atoms with Gasteiger partial charge in [0, 0.05) is 31.4 Å². The molecule has 1 aromatic heterocycles. The van der Waals surface area contributed by atoms with Crippen molar-refractivity contribution in [3.63, 3.8) is 0 Å². The second-order valence-corrected chi connectivity index (χ2v) is 7.98. The number of hydrogen-bond donors (Lipinski definition) is 0. The Morgan fingerprint density at radius 1 is 1.06 bits per heavy atom. The van der Waals surface area contributed by atoms with Crippen LogP contribution in [0.25, 0.3) is 0 Å². The molecule has 2 aromatic carbocycles. The number of ether oxygens (including phenoxy) is 1. The number of benzene rings is 2. The van der Waals surface area contributed by atoms with Gasteiger partial charge in [-0.3, -0.25) is 24.2 Å². The van der Waals surface area contributed by atoms with Crippen molar-refractivity contribution in [3.05, 3.63) is 89.7 Å². The summed E-state index contributed by atoms with van der Waals surface area (Å²) in [6.45, 7) is 3.24. The minimum Gasteiger partial charge on any atom is -0.427 e. The van der Waals surface area contributed by atoms with Gasteiger partial charge in [-0.25, -0.2) is 4.90 Å². The van der Waals surface area contributed by atoms with Gasteiger partial charge in [0.2, 0.25) is 5.91 Å². The number of pyridine rings is 1. The van der Waals surface area contributed by atoms with Crippen molar-refractivity contribution in [2.45, 2.75) is 32.9 Å². The van der Waals surface area contributed by atoms with Crippen molar-refractivity contribution in [1.82, 2.24) is 9.88 Å². The smallest absolute Gasteiger partial charge is 0.308 e. The largest absolute Gasteiger partial charge is 0.427 e. The lowest BCUT2D eigenvalue weighted by Crippen LogP contribution is -2.45. The first kappa shape index (κ1) is 22.8. The van der Waals surface area contributed by atoms with Crippen LogP contribution in [-0.4, -0.2) is 39.6 Å². The van der Waals surface area contributed by atoms with E-state index in [9.17, 15) is 19.2 Å². The molecule has 8 nitrogen and oxygen atoms in total. The van der Waals surface area contributed by atoms with E-state index < -0.39 is 23.8 Å². The van der Waals surface area contributed by atoms with E-state index in [0.29, 0.717) is 17.0 Å². The van der Waals surface area contributed by atoms with E-state index in [-0.39, 0.29) is 18.9 Å².